The summed E-state index contributed by atoms with van der Waals surface area (Å²) in [5.41, 5.74) is -1.20. The van der Waals surface area contributed by atoms with Gasteiger partial charge in [-0.25, -0.2) is 8.42 Å². The van der Waals surface area contributed by atoms with Gasteiger partial charge in [-0.2, -0.15) is 13.2 Å². The van der Waals surface area contributed by atoms with Crippen LogP contribution < -0.4 is 9.04 Å². The minimum Gasteiger partial charge on any atom is -0.494 e. The highest BCUT2D eigenvalue weighted by molar-refractivity contribution is 7.92. The minimum absolute atomic E-state index is 0.0729. The van der Waals surface area contributed by atoms with E-state index in [1.54, 1.807) is 6.92 Å². The lowest BCUT2D eigenvalue weighted by molar-refractivity contribution is -0.137. The summed E-state index contributed by atoms with van der Waals surface area (Å²) in [5.74, 6) is 0.492. The van der Waals surface area contributed by atoms with Gasteiger partial charge in [0.1, 0.15) is 5.75 Å². The molecular weight excluding hydrogens is 391 g/mol. The van der Waals surface area contributed by atoms with Crippen molar-refractivity contribution in [2.45, 2.75) is 24.9 Å². The van der Waals surface area contributed by atoms with Crippen LogP contribution in [0.25, 0.3) is 0 Å². The first-order valence-electron chi connectivity index (χ1n) is 7.73. The van der Waals surface area contributed by atoms with E-state index in [1.807, 2.05) is 0 Å². The lowest BCUT2D eigenvalue weighted by Gasteiger charge is -2.25. The van der Waals surface area contributed by atoms with Crippen LogP contribution in [0.2, 0.25) is 5.02 Å². The maximum Gasteiger partial charge on any atom is 0.416 e. The largest absolute Gasteiger partial charge is 0.494 e. The zero-order valence-corrected chi connectivity index (χ0v) is 15.6. The molecule has 0 radical (unpaired) electrons. The first-order chi connectivity index (χ1) is 12.1. The van der Waals surface area contributed by atoms with E-state index in [4.69, 9.17) is 16.3 Å². The third-order valence-electron chi connectivity index (χ3n) is 3.55. The maximum atomic E-state index is 13.0. The number of sulfonamides is 1. The molecule has 0 saturated carbocycles. The Morgan fingerprint density at radius 1 is 1.08 bits per heavy atom. The van der Waals surface area contributed by atoms with Crippen LogP contribution in [0.15, 0.2) is 47.4 Å². The minimum atomic E-state index is -4.61. The molecule has 2 aromatic rings. The van der Waals surface area contributed by atoms with Gasteiger partial charge < -0.3 is 4.74 Å². The van der Waals surface area contributed by atoms with E-state index >= 15 is 0 Å². The molecule has 0 aromatic heterocycles. The van der Waals surface area contributed by atoms with Crippen molar-refractivity contribution >= 4 is 27.3 Å². The van der Waals surface area contributed by atoms with Crippen molar-refractivity contribution in [2.75, 3.05) is 17.5 Å². The van der Waals surface area contributed by atoms with Gasteiger partial charge in [0.05, 0.1) is 27.8 Å². The fraction of sp³-hybridized carbons (Fsp3) is 0.294. The SMILES string of the molecule is CCOc1ccc(S(=O)(=O)N(CC)c2cc(C(F)(F)F)ccc2Cl)cc1. The molecule has 0 aliphatic rings. The number of nitrogens with zero attached hydrogens (tertiary/aromatic N) is 1. The number of ether oxygens (including phenoxy) is 1. The summed E-state index contributed by atoms with van der Waals surface area (Å²) in [6.45, 7) is 3.64. The van der Waals surface area contributed by atoms with Crippen LogP contribution in [-0.2, 0) is 16.2 Å². The number of anilines is 1. The summed E-state index contributed by atoms with van der Waals surface area (Å²) < 4.78 is 70.8. The van der Waals surface area contributed by atoms with Crippen LogP contribution in [0.5, 0.6) is 5.75 Å². The first-order valence-corrected chi connectivity index (χ1v) is 9.55. The van der Waals surface area contributed by atoms with Gasteiger partial charge in [0.25, 0.3) is 10.0 Å². The van der Waals surface area contributed by atoms with Gasteiger partial charge in [-0.15, -0.1) is 0 Å². The van der Waals surface area contributed by atoms with Gasteiger partial charge in [0.15, 0.2) is 0 Å². The van der Waals surface area contributed by atoms with E-state index in [1.165, 1.54) is 31.2 Å². The molecule has 0 spiro atoms. The number of benzene rings is 2. The maximum absolute atomic E-state index is 13.0. The normalized spacial score (nSPS) is 12.1. The summed E-state index contributed by atoms with van der Waals surface area (Å²) in [6, 6.07) is 8.22. The first kappa shape index (κ1) is 20.4. The molecule has 0 heterocycles. The van der Waals surface area contributed by atoms with Crippen molar-refractivity contribution in [3.8, 4) is 5.75 Å². The molecule has 0 aliphatic carbocycles. The van der Waals surface area contributed by atoms with Crippen molar-refractivity contribution in [1.29, 1.82) is 0 Å². The van der Waals surface area contributed by atoms with Crippen LogP contribution in [0.1, 0.15) is 19.4 Å². The highest BCUT2D eigenvalue weighted by atomic mass is 35.5. The zero-order chi connectivity index (χ0) is 19.5. The Kier molecular flexibility index (Phi) is 6.08. The molecule has 0 unspecified atom stereocenters. The van der Waals surface area contributed by atoms with Gasteiger partial charge in [0, 0.05) is 6.54 Å². The van der Waals surface area contributed by atoms with Crippen molar-refractivity contribution < 1.29 is 26.3 Å². The average molecular weight is 408 g/mol. The second kappa shape index (κ2) is 7.75. The lowest BCUT2D eigenvalue weighted by Crippen LogP contribution is -2.31. The second-order valence-corrected chi connectivity index (χ2v) is 7.51. The Labute approximate surface area is 155 Å². The van der Waals surface area contributed by atoms with Gasteiger partial charge >= 0.3 is 6.18 Å². The molecule has 26 heavy (non-hydrogen) atoms. The molecule has 0 bridgehead atoms. The monoisotopic (exact) mass is 407 g/mol. The third kappa shape index (κ3) is 4.24. The molecule has 9 heteroatoms. The second-order valence-electron chi connectivity index (χ2n) is 5.24. The van der Waals surface area contributed by atoms with E-state index in [0.29, 0.717) is 12.4 Å². The molecule has 0 aliphatic heterocycles. The number of halogens is 4. The molecule has 0 saturated heterocycles. The summed E-state index contributed by atoms with van der Waals surface area (Å²) in [7, 11) is -4.09. The lowest BCUT2D eigenvalue weighted by atomic mass is 10.2. The Bertz CT molecular complexity index is 868. The van der Waals surface area contributed by atoms with E-state index in [0.717, 1.165) is 22.5 Å². The number of rotatable bonds is 6. The van der Waals surface area contributed by atoms with Gasteiger partial charge in [0.2, 0.25) is 0 Å². The van der Waals surface area contributed by atoms with Gasteiger partial charge in [-0.05, 0) is 56.3 Å². The molecule has 0 N–H and O–H groups in total. The predicted molar refractivity (Wildman–Crippen MR) is 94.3 cm³/mol. The van der Waals surface area contributed by atoms with Gasteiger partial charge in [-0.1, -0.05) is 11.6 Å². The highest BCUT2D eigenvalue weighted by Crippen LogP contribution is 2.37. The van der Waals surface area contributed by atoms with Gasteiger partial charge in [-0.3, -0.25) is 4.31 Å². The quantitative estimate of drug-likeness (QED) is 0.679. The van der Waals surface area contributed by atoms with Crippen LogP contribution in [0.3, 0.4) is 0 Å². The van der Waals surface area contributed by atoms with Crippen molar-refractivity contribution in [1.82, 2.24) is 0 Å². The number of hydrogen-bond acceptors (Lipinski definition) is 3. The highest BCUT2D eigenvalue weighted by Gasteiger charge is 2.33. The zero-order valence-electron chi connectivity index (χ0n) is 14.0. The third-order valence-corrected chi connectivity index (χ3v) is 5.77. The Morgan fingerprint density at radius 3 is 2.19 bits per heavy atom. The van der Waals surface area contributed by atoms with Crippen LogP contribution >= 0.6 is 11.6 Å². The molecule has 2 aromatic carbocycles. The van der Waals surface area contributed by atoms with Crippen LogP contribution in [-0.4, -0.2) is 21.6 Å². The molecule has 0 fully saturated rings. The Balaban J connectivity index is 2.50. The van der Waals surface area contributed by atoms with Crippen molar-refractivity contribution in [3.05, 3.63) is 53.1 Å². The molecular formula is C17H17ClF3NO3S. The van der Waals surface area contributed by atoms with E-state index in [9.17, 15) is 21.6 Å². The molecule has 0 atom stereocenters. The topological polar surface area (TPSA) is 46.6 Å². The van der Waals surface area contributed by atoms with Crippen LogP contribution in [0.4, 0.5) is 18.9 Å². The summed E-state index contributed by atoms with van der Waals surface area (Å²) in [6.07, 6.45) is -4.61. The standard InChI is InChI=1S/C17H17ClF3NO3S/c1-3-22(16-11-12(17(19,20)21)5-10-15(16)18)26(23,24)14-8-6-13(7-9-14)25-4-2/h5-11H,3-4H2,1-2H3. The van der Waals surface area contributed by atoms with E-state index in [-0.39, 0.29) is 22.2 Å². The smallest absolute Gasteiger partial charge is 0.416 e. The average Bonchev–Trinajstić information content (AvgIpc) is 2.57. The van der Waals surface area contributed by atoms with E-state index in [2.05, 4.69) is 0 Å². The van der Waals surface area contributed by atoms with E-state index < -0.39 is 21.8 Å². The molecule has 4 nitrogen and oxygen atoms in total. The fourth-order valence-corrected chi connectivity index (χ4v) is 4.11. The molecule has 0 amide bonds. The van der Waals surface area contributed by atoms with Crippen molar-refractivity contribution in [2.24, 2.45) is 0 Å². The van der Waals surface area contributed by atoms with Crippen molar-refractivity contribution in [3.63, 3.8) is 0 Å². The fourth-order valence-electron chi connectivity index (χ4n) is 2.35. The van der Waals surface area contributed by atoms with Crippen LogP contribution in [0, 0.1) is 0 Å². The summed E-state index contributed by atoms with van der Waals surface area (Å²) in [5, 5.41) is -0.0886. The number of hydrogen-bond donors (Lipinski definition) is 0. The Morgan fingerprint density at radius 2 is 1.69 bits per heavy atom. The summed E-state index contributed by atoms with van der Waals surface area (Å²) in [4.78, 5) is -0.0729. The Hall–Kier alpha value is -1.93. The molecule has 142 valence electrons. The number of alkyl halides is 3. The molecule has 2 rings (SSSR count). The summed E-state index contributed by atoms with van der Waals surface area (Å²) >= 11 is 5.99. The predicted octanol–water partition coefficient (Wildman–Crippen LogP) is 4.97.